The lowest BCUT2D eigenvalue weighted by molar-refractivity contribution is -0.182. The summed E-state index contributed by atoms with van der Waals surface area (Å²) < 4.78 is 73.3. The van der Waals surface area contributed by atoms with Crippen molar-refractivity contribution in [3.8, 4) is 0 Å². The summed E-state index contributed by atoms with van der Waals surface area (Å²) in [5.41, 5.74) is -0.658. The van der Waals surface area contributed by atoms with E-state index in [4.69, 9.17) is 4.74 Å². The first-order valence-corrected chi connectivity index (χ1v) is 9.35. The normalized spacial score (nSPS) is 25.5. The van der Waals surface area contributed by atoms with Gasteiger partial charge in [-0.25, -0.2) is 4.72 Å². The Morgan fingerprint density at radius 3 is 2.42 bits per heavy atom. The highest BCUT2D eigenvalue weighted by Crippen LogP contribution is 2.25. The van der Waals surface area contributed by atoms with Crippen LogP contribution in [-0.2, 0) is 14.9 Å². The van der Waals surface area contributed by atoms with Crippen molar-refractivity contribution in [2.75, 3.05) is 52.4 Å². The molecule has 0 aromatic heterocycles. The van der Waals surface area contributed by atoms with Crippen molar-refractivity contribution in [2.45, 2.75) is 31.7 Å². The predicted molar refractivity (Wildman–Crippen MR) is 82.8 cm³/mol. The molecule has 0 amide bonds. The molecule has 1 atom stereocenters. The van der Waals surface area contributed by atoms with E-state index in [1.54, 1.807) is 13.8 Å². The van der Waals surface area contributed by atoms with Gasteiger partial charge in [-0.1, -0.05) is 0 Å². The summed E-state index contributed by atoms with van der Waals surface area (Å²) in [5, 5.41) is 2.98. The standard InChI is InChI=1S/C13H25F3N4O3S/c1-12(2)10-20(7-8-23-12)24(21,22)18-9-11(13(14,15)16)19-5-3-17-4-6-19/h11,17-18H,3-10H2,1-2H3. The van der Waals surface area contributed by atoms with Crippen LogP contribution in [-0.4, -0.2) is 87.9 Å². The fraction of sp³-hybridized carbons (Fsp3) is 1.00. The van der Waals surface area contributed by atoms with Crippen molar-refractivity contribution in [3.63, 3.8) is 0 Å². The zero-order valence-corrected chi connectivity index (χ0v) is 14.7. The van der Waals surface area contributed by atoms with Crippen molar-refractivity contribution < 1.29 is 26.3 Å². The van der Waals surface area contributed by atoms with Gasteiger partial charge in [-0.2, -0.15) is 25.9 Å². The molecule has 0 radical (unpaired) electrons. The summed E-state index contributed by atoms with van der Waals surface area (Å²) in [6.45, 7) is 4.62. The molecule has 2 fully saturated rings. The van der Waals surface area contributed by atoms with Crippen LogP contribution in [0.15, 0.2) is 0 Å². The summed E-state index contributed by atoms with van der Waals surface area (Å²) in [5.74, 6) is 0. The zero-order chi connectivity index (χ0) is 18.0. The third kappa shape index (κ3) is 5.27. The molecular weight excluding hydrogens is 349 g/mol. The second-order valence-corrected chi connectivity index (χ2v) is 8.39. The summed E-state index contributed by atoms with van der Waals surface area (Å²) in [6, 6.07) is -1.83. The molecule has 0 aromatic rings. The molecule has 2 rings (SSSR count). The quantitative estimate of drug-likeness (QED) is 0.695. The van der Waals surface area contributed by atoms with Crippen LogP contribution in [0.3, 0.4) is 0 Å². The number of ether oxygens (including phenoxy) is 1. The van der Waals surface area contributed by atoms with Crippen LogP contribution in [0.25, 0.3) is 0 Å². The van der Waals surface area contributed by atoms with Gasteiger partial charge in [0.15, 0.2) is 0 Å². The maximum atomic E-state index is 13.3. The molecule has 11 heteroatoms. The van der Waals surface area contributed by atoms with Crippen LogP contribution in [0.2, 0.25) is 0 Å². The van der Waals surface area contributed by atoms with Crippen molar-refractivity contribution in [2.24, 2.45) is 0 Å². The molecule has 0 bridgehead atoms. The summed E-state index contributed by atoms with van der Waals surface area (Å²) in [4.78, 5) is 1.27. The molecule has 0 spiro atoms. The maximum absolute atomic E-state index is 13.3. The Kier molecular flexibility index (Phi) is 6.14. The van der Waals surface area contributed by atoms with E-state index in [9.17, 15) is 21.6 Å². The van der Waals surface area contributed by atoms with Gasteiger partial charge in [0.2, 0.25) is 0 Å². The lowest BCUT2D eigenvalue weighted by Crippen LogP contribution is -2.59. The van der Waals surface area contributed by atoms with E-state index < -0.39 is 34.6 Å². The van der Waals surface area contributed by atoms with Crippen LogP contribution in [0.4, 0.5) is 13.2 Å². The Morgan fingerprint density at radius 2 is 1.88 bits per heavy atom. The van der Waals surface area contributed by atoms with Gasteiger partial charge in [0.05, 0.1) is 12.2 Å². The third-order valence-electron chi connectivity index (χ3n) is 4.16. The third-order valence-corrected chi connectivity index (χ3v) is 5.68. The molecule has 7 nitrogen and oxygen atoms in total. The van der Waals surface area contributed by atoms with E-state index in [2.05, 4.69) is 10.0 Å². The fourth-order valence-corrected chi connectivity index (χ4v) is 4.25. The number of piperazine rings is 1. The fourth-order valence-electron chi connectivity index (χ4n) is 2.90. The number of nitrogens with one attached hydrogen (secondary N) is 2. The molecule has 1 unspecified atom stereocenters. The lowest BCUT2D eigenvalue weighted by atomic mass is 10.1. The average Bonchev–Trinajstić information content (AvgIpc) is 2.46. The van der Waals surface area contributed by atoms with Crippen molar-refractivity contribution >= 4 is 10.2 Å². The topological polar surface area (TPSA) is 73.9 Å². The summed E-state index contributed by atoms with van der Waals surface area (Å²) >= 11 is 0. The first-order valence-electron chi connectivity index (χ1n) is 7.91. The minimum absolute atomic E-state index is 0.104. The predicted octanol–water partition coefficient (Wildman–Crippen LogP) is -0.232. The van der Waals surface area contributed by atoms with E-state index >= 15 is 0 Å². The van der Waals surface area contributed by atoms with Crippen molar-refractivity contribution in [1.82, 2.24) is 19.2 Å². The van der Waals surface area contributed by atoms with Gasteiger partial charge in [-0.05, 0) is 13.8 Å². The number of hydrogen-bond acceptors (Lipinski definition) is 5. The van der Waals surface area contributed by atoms with E-state index in [0.717, 1.165) is 4.31 Å². The van der Waals surface area contributed by atoms with Gasteiger partial charge >= 0.3 is 6.18 Å². The first kappa shape index (κ1) is 19.9. The second kappa shape index (κ2) is 7.42. The van der Waals surface area contributed by atoms with Crippen molar-refractivity contribution in [3.05, 3.63) is 0 Å². The Labute approximate surface area is 140 Å². The number of hydrogen-bond donors (Lipinski definition) is 2. The van der Waals surface area contributed by atoms with E-state index in [0.29, 0.717) is 13.1 Å². The minimum Gasteiger partial charge on any atom is -0.373 e. The van der Waals surface area contributed by atoms with E-state index in [1.165, 1.54) is 4.90 Å². The largest absolute Gasteiger partial charge is 0.405 e. The van der Waals surface area contributed by atoms with Gasteiger partial charge in [0, 0.05) is 45.8 Å². The smallest absolute Gasteiger partial charge is 0.373 e. The van der Waals surface area contributed by atoms with E-state index in [-0.39, 0.29) is 32.8 Å². The number of morpholine rings is 1. The number of nitrogens with zero attached hydrogens (tertiary/aromatic N) is 2. The van der Waals surface area contributed by atoms with Gasteiger partial charge in [0.1, 0.15) is 6.04 Å². The molecule has 2 N–H and O–H groups in total. The Hall–Kier alpha value is -0.460. The Bertz CT molecular complexity index is 521. The molecule has 2 saturated heterocycles. The van der Waals surface area contributed by atoms with Crippen LogP contribution < -0.4 is 10.0 Å². The highest BCUT2D eigenvalue weighted by molar-refractivity contribution is 7.87. The number of halogens is 3. The highest BCUT2D eigenvalue weighted by atomic mass is 32.2. The zero-order valence-electron chi connectivity index (χ0n) is 13.9. The van der Waals surface area contributed by atoms with E-state index in [1.807, 2.05) is 0 Å². The molecule has 2 heterocycles. The van der Waals surface area contributed by atoms with Gasteiger partial charge in [-0.15, -0.1) is 0 Å². The highest BCUT2D eigenvalue weighted by Gasteiger charge is 2.45. The first-order chi connectivity index (χ1) is 11.0. The molecule has 142 valence electrons. The Balaban J connectivity index is 2.02. The molecule has 0 aromatic carbocycles. The second-order valence-electron chi connectivity index (χ2n) is 6.64. The molecule has 0 saturated carbocycles. The molecule has 2 aliphatic rings. The van der Waals surface area contributed by atoms with Crippen LogP contribution in [0.1, 0.15) is 13.8 Å². The monoisotopic (exact) mass is 374 g/mol. The van der Waals surface area contributed by atoms with Gasteiger partial charge in [0.25, 0.3) is 10.2 Å². The summed E-state index contributed by atoms with van der Waals surface area (Å²) in [7, 11) is -3.99. The molecular formula is C13H25F3N4O3S. The molecule has 24 heavy (non-hydrogen) atoms. The maximum Gasteiger partial charge on any atom is 0.405 e. The summed E-state index contributed by atoms with van der Waals surface area (Å²) in [6.07, 6.45) is -4.50. The minimum atomic E-state index is -4.50. The van der Waals surface area contributed by atoms with Crippen LogP contribution in [0.5, 0.6) is 0 Å². The molecule has 2 aliphatic heterocycles. The van der Waals surface area contributed by atoms with Crippen LogP contribution >= 0.6 is 0 Å². The lowest BCUT2D eigenvalue weighted by Gasteiger charge is -2.38. The van der Waals surface area contributed by atoms with Crippen LogP contribution in [0, 0.1) is 0 Å². The van der Waals surface area contributed by atoms with Gasteiger partial charge in [-0.3, -0.25) is 4.90 Å². The number of rotatable bonds is 5. The average molecular weight is 374 g/mol. The van der Waals surface area contributed by atoms with Crippen molar-refractivity contribution in [1.29, 1.82) is 0 Å². The molecule has 0 aliphatic carbocycles. The van der Waals surface area contributed by atoms with Gasteiger partial charge < -0.3 is 10.1 Å². The SMILES string of the molecule is CC1(C)CN(S(=O)(=O)NCC(N2CCNCC2)C(F)(F)F)CCO1. The Morgan fingerprint density at radius 1 is 1.25 bits per heavy atom. The number of alkyl halides is 3.